The fourth-order valence-electron chi connectivity index (χ4n) is 2.04. The van der Waals surface area contributed by atoms with Crippen LogP contribution in [0.4, 0.5) is 0 Å². The molecule has 0 saturated carbocycles. The van der Waals surface area contributed by atoms with Gasteiger partial charge in [-0.1, -0.05) is 0 Å². The molecule has 0 spiro atoms. The Morgan fingerprint density at radius 1 is 1.50 bits per heavy atom. The monoisotopic (exact) mass is 278 g/mol. The Kier molecular flexibility index (Phi) is 5.55. The number of aliphatic carboxylic acids is 1. The molecule has 6 nitrogen and oxygen atoms in total. The normalized spacial score (nSPS) is 21.6. The van der Waals surface area contributed by atoms with Crippen LogP contribution in [0.3, 0.4) is 0 Å². The van der Waals surface area contributed by atoms with Gasteiger partial charge in [0, 0.05) is 19.1 Å². The van der Waals surface area contributed by atoms with Gasteiger partial charge in [-0.3, -0.25) is 4.79 Å². The number of hydrogen-bond donors (Lipinski definition) is 2. The summed E-state index contributed by atoms with van der Waals surface area (Å²) in [6, 6.07) is 0.485. The van der Waals surface area contributed by atoms with Crippen LogP contribution in [0.15, 0.2) is 0 Å². The summed E-state index contributed by atoms with van der Waals surface area (Å²) in [4.78, 5) is 12.6. The van der Waals surface area contributed by atoms with E-state index in [0.717, 1.165) is 19.5 Å². The number of nitrogens with one attached hydrogen (secondary N) is 1. The van der Waals surface area contributed by atoms with Crippen molar-refractivity contribution in [3.05, 3.63) is 0 Å². The highest BCUT2D eigenvalue weighted by Crippen LogP contribution is 2.17. The third-order valence-corrected chi connectivity index (χ3v) is 4.57. The smallest absolute Gasteiger partial charge is 0.304 e. The average Bonchev–Trinajstić information content (AvgIpc) is 2.73. The van der Waals surface area contributed by atoms with E-state index in [1.165, 1.54) is 0 Å². The second-order valence-electron chi connectivity index (χ2n) is 5.05. The minimum atomic E-state index is -3.45. The number of likely N-dealkylation sites (tertiary alicyclic amines) is 1. The molecule has 1 heterocycles. The fourth-order valence-corrected chi connectivity index (χ4v) is 3.11. The number of rotatable bonds is 7. The van der Waals surface area contributed by atoms with Gasteiger partial charge in [-0.05, 0) is 32.7 Å². The standard InChI is InChI=1S/C11H22N2O4S/c1-9(2)13-5-3-10(8-13)7-12-18(16,17)6-4-11(14)15/h9-10,12H,3-8H2,1-2H3,(H,14,15). The lowest BCUT2D eigenvalue weighted by Crippen LogP contribution is -2.34. The molecular formula is C11H22N2O4S. The number of carbonyl (C=O) groups is 1. The zero-order valence-electron chi connectivity index (χ0n) is 10.9. The maximum atomic E-state index is 11.5. The van der Waals surface area contributed by atoms with Crippen LogP contribution in [-0.2, 0) is 14.8 Å². The summed E-state index contributed by atoms with van der Waals surface area (Å²) in [6.45, 7) is 6.56. The SMILES string of the molecule is CC(C)N1CCC(CNS(=O)(=O)CCC(=O)O)C1. The Hall–Kier alpha value is -0.660. The van der Waals surface area contributed by atoms with Gasteiger partial charge >= 0.3 is 5.97 Å². The van der Waals surface area contributed by atoms with E-state index >= 15 is 0 Å². The summed E-state index contributed by atoms with van der Waals surface area (Å²) in [5, 5.41) is 8.45. The van der Waals surface area contributed by atoms with Crippen LogP contribution >= 0.6 is 0 Å². The van der Waals surface area contributed by atoms with Gasteiger partial charge in [-0.2, -0.15) is 0 Å². The molecule has 0 aliphatic carbocycles. The van der Waals surface area contributed by atoms with E-state index in [9.17, 15) is 13.2 Å². The molecule has 0 amide bonds. The van der Waals surface area contributed by atoms with E-state index in [1.54, 1.807) is 0 Å². The Bertz CT molecular complexity index is 381. The van der Waals surface area contributed by atoms with Crippen LogP contribution in [0.1, 0.15) is 26.7 Å². The Morgan fingerprint density at radius 3 is 2.67 bits per heavy atom. The van der Waals surface area contributed by atoms with Crippen LogP contribution in [0.2, 0.25) is 0 Å². The van der Waals surface area contributed by atoms with Crippen LogP contribution in [-0.4, -0.2) is 55.8 Å². The molecule has 0 radical (unpaired) electrons. The minimum Gasteiger partial charge on any atom is -0.481 e. The summed E-state index contributed by atoms with van der Waals surface area (Å²) in [6.07, 6.45) is 0.637. The largest absolute Gasteiger partial charge is 0.481 e. The van der Waals surface area contributed by atoms with Crippen molar-refractivity contribution in [2.24, 2.45) is 5.92 Å². The Morgan fingerprint density at radius 2 is 2.17 bits per heavy atom. The lowest BCUT2D eigenvalue weighted by Gasteiger charge is -2.20. The topological polar surface area (TPSA) is 86.7 Å². The Balaban J connectivity index is 2.31. The van der Waals surface area contributed by atoms with Crippen molar-refractivity contribution in [2.45, 2.75) is 32.7 Å². The maximum Gasteiger partial charge on any atom is 0.304 e. The summed E-state index contributed by atoms with van der Waals surface area (Å²) in [5.41, 5.74) is 0. The van der Waals surface area contributed by atoms with Gasteiger partial charge in [-0.25, -0.2) is 13.1 Å². The predicted molar refractivity (Wildman–Crippen MR) is 68.9 cm³/mol. The summed E-state index contributed by atoms with van der Waals surface area (Å²) in [7, 11) is -3.45. The quantitative estimate of drug-likeness (QED) is 0.690. The molecule has 1 atom stereocenters. The summed E-state index contributed by atoms with van der Waals surface area (Å²) >= 11 is 0. The lowest BCUT2D eigenvalue weighted by molar-refractivity contribution is -0.136. The third-order valence-electron chi connectivity index (χ3n) is 3.22. The highest BCUT2D eigenvalue weighted by molar-refractivity contribution is 7.89. The lowest BCUT2D eigenvalue weighted by atomic mass is 10.1. The molecule has 1 aliphatic rings. The molecule has 1 saturated heterocycles. The summed E-state index contributed by atoms with van der Waals surface area (Å²) < 4.78 is 25.5. The van der Waals surface area contributed by atoms with Crippen molar-refractivity contribution in [3.63, 3.8) is 0 Å². The first-order valence-corrected chi connectivity index (χ1v) is 7.88. The van der Waals surface area contributed by atoms with Gasteiger partial charge < -0.3 is 10.0 Å². The molecule has 18 heavy (non-hydrogen) atoms. The highest BCUT2D eigenvalue weighted by Gasteiger charge is 2.25. The highest BCUT2D eigenvalue weighted by atomic mass is 32.2. The van der Waals surface area contributed by atoms with Crippen LogP contribution in [0.5, 0.6) is 0 Å². The van der Waals surface area contributed by atoms with Crippen molar-refractivity contribution in [1.29, 1.82) is 0 Å². The van der Waals surface area contributed by atoms with E-state index in [1.807, 2.05) is 0 Å². The van der Waals surface area contributed by atoms with Gasteiger partial charge in [0.15, 0.2) is 0 Å². The number of carboxylic acid groups (broad SMARTS) is 1. The molecule has 1 fully saturated rings. The van der Waals surface area contributed by atoms with Crippen LogP contribution < -0.4 is 4.72 Å². The number of sulfonamides is 1. The molecule has 106 valence electrons. The van der Waals surface area contributed by atoms with E-state index in [-0.39, 0.29) is 12.2 Å². The zero-order valence-corrected chi connectivity index (χ0v) is 11.7. The molecular weight excluding hydrogens is 256 g/mol. The molecule has 2 N–H and O–H groups in total. The fraction of sp³-hybridized carbons (Fsp3) is 0.909. The van der Waals surface area contributed by atoms with Gasteiger partial charge in [0.2, 0.25) is 10.0 Å². The van der Waals surface area contributed by atoms with Gasteiger partial charge in [0.25, 0.3) is 0 Å². The number of hydrogen-bond acceptors (Lipinski definition) is 4. The van der Waals surface area contributed by atoms with Gasteiger partial charge in [-0.15, -0.1) is 0 Å². The third kappa shape index (κ3) is 5.32. The van der Waals surface area contributed by atoms with Crippen LogP contribution in [0.25, 0.3) is 0 Å². The second kappa shape index (κ2) is 6.49. The first kappa shape index (κ1) is 15.4. The van der Waals surface area contributed by atoms with E-state index in [2.05, 4.69) is 23.5 Å². The molecule has 0 aromatic rings. The molecule has 1 unspecified atom stereocenters. The second-order valence-corrected chi connectivity index (χ2v) is 6.98. The number of carboxylic acids is 1. The molecule has 7 heteroatoms. The Labute approximate surface area is 108 Å². The van der Waals surface area contributed by atoms with Gasteiger partial charge in [0.05, 0.1) is 12.2 Å². The van der Waals surface area contributed by atoms with E-state index < -0.39 is 16.0 Å². The predicted octanol–water partition coefficient (Wildman–Crippen LogP) is 0.111. The van der Waals surface area contributed by atoms with Crippen LogP contribution in [0, 0.1) is 5.92 Å². The first-order chi connectivity index (χ1) is 8.30. The average molecular weight is 278 g/mol. The molecule has 1 rings (SSSR count). The van der Waals surface area contributed by atoms with Gasteiger partial charge in [0.1, 0.15) is 0 Å². The van der Waals surface area contributed by atoms with Crippen molar-refractivity contribution >= 4 is 16.0 Å². The number of nitrogens with zero attached hydrogens (tertiary/aromatic N) is 1. The zero-order chi connectivity index (χ0) is 13.8. The van der Waals surface area contributed by atoms with E-state index in [0.29, 0.717) is 18.5 Å². The van der Waals surface area contributed by atoms with Crippen molar-refractivity contribution in [3.8, 4) is 0 Å². The van der Waals surface area contributed by atoms with Crippen molar-refractivity contribution in [2.75, 3.05) is 25.4 Å². The van der Waals surface area contributed by atoms with E-state index in [4.69, 9.17) is 5.11 Å². The molecule has 1 aliphatic heterocycles. The van der Waals surface area contributed by atoms with Crippen molar-refractivity contribution in [1.82, 2.24) is 9.62 Å². The van der Waals surface area contributed by atoms with Crippen molar-refractivity contribution < 1.29 is 18.3 Å². The minimum absolute atomic E-state index is 0.326. The molecule has 0 bridgehead atoms. The molecule has 0 aromatic heterocycles. The maximum absolute atomic E-state index is 11.5. The summed E-state index contributed by atoms with van der Waals surface area (Å²) in [5.74, 6) is -1.11. The molecule has 0 aromatic carbocycles. The first-order valence-electron chi connectivity index (χ1n) is 6.23.